The first kappa shape index (κ1) is 67.6. The second kappa shape index (κ2) is 26.5. The van der Waals surface area contributed by atoms with Crippen LogP contribution in [-0.4, -0.2) is 70.0 Å². The summed E-state index contributed by atoms with van der Waals surface area (Å²) in [5.74, 6) is 3.32. The van der Waals surface area contributed by atoms with Crippen LogP contribution in [0.25, 0.3) is 16.8 Å². The predicted octanol–water partition coefficient (Wildman–Crippen LogP) is 10.2. The number of nitrogens with one attached hydrogen (secondary N) is 1. The van der Waals surface area contributed by atoms with E-state index in [9.17, 15) is 33.4 Å². The number of phenols is 1. The Kier molecular flexibility index (Phi) is 17.9. The van der Waals surface area contributed by atoms with Gasteiger partial charge in [-0.05, 0) is 245 Å². The first-order chi connectivity index (χ1) is 48.0. The minimum Gasteiger partial charge on any atom is -0.748 e. The Morgan fingerprint density at radius 2 is 1.61 bits per heavy atom. The Hall–Kier alpha value is -6.84. The van der Waals surface area contributed by atoms with Crippen LogP contribution in [0.2, 0.25) is 0 Å². The van der Waals surface area contributed by atoms with Crippen molar-refractivity contribution in [3.63, 3.8) is 0 Å². The first-order valence-corrected chi connectivity index (χ1v) is 37.8. The van der Waals surface area contributed by atoms with Gasteiger partial charge >= 0.3 is 29.6 Å². The topological polar surface area (TPSA) is 233 Å². The fourth-order valence-corrected chi connectivity index (χ4v) is 22.6. The number of ether oxygens (including phenoxy) is 2. The third-order valence-electron chi connectivity index (χ3n) is 25.8. The Morgan fingerprint density at radius 1 is 0.810 bits per heavy atom. The number of allylic oxidation sites excluding steroid dienone is 2. The zero-order valence-electron chi connectivity index (χ0n) is 57.4. The van der Waals surface area contributed by atoms with Crippen LogP contribution in [-0.2, 0) is 52.8 Å². The molecule has 0 spiro atoms. The quantitative estimate of drug-likeness (QED) is 0.0179. The fourth-order valence-electron chi connectivity index (χ4n) is 21.6. The molecule has 9 N–H and O–H groups in total. The molecule has 510 valence electrons. The van der Waals surface area contributed by atoms with Gasteiger partial charge in [-0.3, -0.25) is 0 Å². The van der Waals surface area contributed by atoms with Crippen molar-refractivity contribution >= 4 is 32.9 Å². The van der Waals surface area contributed by atoms with Crippen LogP contribution in [0.5, 0.6) is 11.5 Å². The number of nitrogens with zero attached hydrogens (tertiary/aromatic N) is 1. The van der Waals surface area contributed by atoms with Gasteiger partial charge in [0, 0.05) is 59.9 Å². The molecule has 19 atom stereocenters. The molecule has 2 saturated carbocycles. The smallest absolute Gasteiger partial charge is 0.748 e. The van der Waals surface area contributed by atoms with Crippen molar-refractivity contribution in [2.75, 3.05) is 13.7 Å². The molecule has 7 aromatic carbocycles. The molecule has 13 nitrogen and oxygen atoms in total. The second-order valence-corrected chi connectivity index (χ2v) is 32.6. The number of aromatic hydroxyl groups is 1. The summed E-state index contributed by atoms with van der Waals surface area (Å²) in [7, 11) is -2.99. The van der Waals surface area contributed by atoms with Crippen LogP contribution in [0.4, 0.5) is 0 Å². The molecule has 19 rings (SSSR count). The largest absolute Gasteiger partial charge is 1.00 e. The molecule has 15 heteroatoms. The van der Waals surface area contributed by atoms with Gasteiger partial charge in [0.25, 0.3) is 0 Å². The van der Waals surface area contributed by atoms with Crippen molar-refractivity contribution in [2.24, 2.45) is 69.7 Å². The molecular weight excluding hydrogens is 1280 g/mol. The zero-order chi connectivity index (χ0) is 67.8. The summed E-state index contributed by atoms with van der Waals surface area (Å²) < 4.78 is 58.9. The van der Waals surface area contributed by atoms with Crippen LogP contribution >= 0.6 is 0 Å². The van der Waals surface area contributed by atoms with Gasteiger partial charge in [0.05, 0.1) is 33.2 Å². The minimum absolute atomic E-state index is 0. The minimum atomic E-state index is -4.99. The van der Waals surface area contributed by atoms with Gasteiger partial charge in [0.15, 0.2) is 5.96 Å². The summed E-state index contributed by atoms with van der Waals surface area (Å²) in [5, 5.41) is 54.0. The Labute approximate surface area is 609 Å². The molecule has 5 heterocycles. The zero-order valence-corrected chi connectivity index (χ0v) is 60.2. The summed E-state index contributed by atoms with van der Waals surface area (Å²) in [6.45, 7) is 2.80. The molecule has 19 unspecified atom stereocenters. The average Bonchev–Trinajstić information content (AvgIpc) is 0.723. The van der Waals surface area contributed by atoms with Crippen molar-refractivity contribution in [3.8, 4) is 23.3 Å². The van der Waals surface area contributed by atoms with Crippen molar-refractivity contribution < 1.29 is 72.4 Å². The van der Waals surface area contributed by atoms with E-state index in [1.165, 1.54) is 33.0 Å². The van der Waals surface area contributed by atoms with E-state index in [0.717, 1.165) is 88.7 Å². The number of aliphatic hydroxyl groups excluding tert-OH is 2. The van der Waals surface area contributed by atoms with Gasteiger partial charge in [-0.2, -0.15) is 0 Å². The molecule has 5 aliphatic heterocycles. The van der Waals surface area contributed by atoms with E-state index in [-0.39, 0.29) is 114 Å². The predicted molar refractivity (Wildman–Crippen MR) is 384 cm³/mol. The molecule has 0 amide bonds. The number of guanidine groups is 1. The summed E-state index contributed by atoms with van der Waals surface area (Å²) in [6.07, 6.45) is 17.3. The van der Waals surface area contributed by atoms with Gasteiger partial charge < -0.3 is 51.2 Å². The third kappa shape index (κ3) is 11.5. The number of fused-ring (bicyclic) bond motifs is 9. The number of hydrogen-bond acceptors (Lipinski definition) is 11. The molecule has 7 aromatic rings. The van der Waals surface area contributed by atoms with Crippen molar-refractivity contribution in [3.05, 3.63) is 241 Å². The standard InChI is InChI=1S/C85H90N4O9S.Na/c1-47-14-15-55-40-63-25-30-65(55)71(47)44-77(99(94,95)96)72-42-59-38-58(41-64-34-49(46-90)10-6-12-52-39-62(91)24-29-69(52)82(59)97-64)78(72)51-16-22-61(23-17-51)85(98-63,89-83(86)87)76-43-56-21-32-74-66(31-33-73(56)84(74,93)75(76)35-48-8-4-3-5-9-48)53-20-27-68-54(36-53)19-26-67-60(45-88-2)37-57-13-7-11-50-18-28-70(81(68)92)80(67)79(50)57;/h3-5,7-9,11,13,16-18,20-25,27-30,32,36-37,39-40,42,47,49,56,58,64,66,70-78,81-82,88,90-93H,10,14-15,19,26,31,33-35,38,41,43-46H2,1-2H3,(H4,86,87,89)(H,94,95,96);/q;+1/p-1. The summed E-state index contributed by atoms with van der Waals surface area (Å²) in [4.78, 5) is 5.47. The SMILES string of the molecule is CNCc1cc2cccc3c2c2c1CCc1cc(C4CCC5C6C=CC4C5(O)C(Cc4ccccc4)C(C4(N=C(N)N)Oc5ccc7c(c5)CCC(C)C7CC(S(=O)(=O)[O-])C5C=C7CC(CC8CC(CO)CC#Cc9cc(O)ccc9C7O8)C5c5ccc4cc5)C6)ccc1C(O)C2C=C3.[Na+]. The summed E-state index contributed by atoms with van der Waals surface area (Å²) >= 11 is 0. The Morgan fingerprint density at radius 3 is 2.41 bits per heavy atom. The van der Waals surface area contributed by atoms with Gasteiger partial charge in [-0.15, -0.1) is 0 Å². The van der Waals surface area contributed by atoms with E-state index in [2.05, 4.69) is 158 Å². The van der Waals surface area contributed by atoms with Crippen LogP contribution < -0.4 is 51.1 Å². The number of hydrogen-bond donors (Lipinski definition) is 7. The van der Waals surface area contributed by atoms with Crippen LogP contribution in [0, 0.1) is 65.1 Å². The number of phenolic OH excluding ortho intramolecular Hbond substituents is 1. The molecule has 0 radical (unpaired) electrons. The molecule has 7 aliphatic carbocycles. The number of aryl methyl sites for hydroxylation is 2. The number of aliphatic imine (C=N–C) groups is 1. The van der Waals surface area contributed by atoms with Gasteiger partial charge in [-0.25, -0.2) is 13.4 Å². The Bertz CT molecular complexity index is 4670. The maximum absolute atomic E-state index is 14.9. The fraction of sp³-hybridized carbons (Fsp3) is 0.424. The van der Waals surface area contributed by atoms with Gasteiger partial charge in [-0.1, -0.05) is 152 Å². The van der Waals surface area contributed by atoms with Crippen molar-refractivity contribution in [2.45, 2.75) is 155 Å². The maximum atomic E-state index is 14.9. The van der Waals surface area contributed by atoms with E-state index in [1.807, 2.05) is 25.2 Å². The maximum Gasteiger partial charge on any atom is 1.00 e. The second-order valence-electron chi connectivity index (χ2n) is 31.0. The molecule has 14 bridgehead atoms. The molecule has 1 saturated heterocycles. The van der Waals surface area contributed by atoms with Crippen LogP contribution in [0.3, 0.4) is 0 Å². The molecule has 100 heavy (non-hydrogen) atoms. The third-order valence-corrected chi connectivity index (χ3v) is 27.1. The van der Waals surface area contributed by atoms with Gasteiger partial charge in [0.1, 0.15) is 17.6 Å². The normalized spacial score (nSPS) is 33.3. The summed E-state index contributed by atoms with van der Waals surface area (Å²) in [6, 6.07) is 45.6. The van der Waals surface area contributed by atoms with E-state index in [4.69, 9.17) is 25.9 Å². The van der Waals surface area contributed by atoms with Crippen molar-refractivity contribution in [1.82, 2.24) is 5.32 Å². The molecule has 0 aromatic heterocycles. The number of nitrogens with two attached hydrogens (primary N) is 2. The van der Waals surface area contributed by atoms with E-state index in [0.29, 0.717) is 61.8 Å². The molecular formula is C85H89N4NaO9S. The first-order valence-electron chi connectivity index (χ1n) is 36.4. The van der Waals surface area contributed by atoms with Crippen molar-refractivity contribution in [1.29, 1.82) is 0 Å². The van der Waals surface area contributed by atoms with E-state index in [1.54, 1.807) is 12.1 Å². The average molecular weight is 1370 g/mol. The Balaban J connectivity index is 0.00000778. The van der Waals surface area contributed by atoms with Crippen LogP contribution in [0.1, 0.15) is 178 Å². The van der Waals surface area contributed by atoms with E-state index >= 15 is 0 Å². The number of rotatable bonds is 9. The summed E-state index contributed by atoms with van der Waals surface area (Å²) in [5.41, 5.74) is 26.0. The van der Waals surface area contributed by atoms with E-state index < -0.39 is 62.6 Å². The molecule has 3 fully saturated rings. The number of aliphatic hydroxyl groups is 3. The van der Waals surface area contributed by atoms with Crippen LogP contribution in [0.15, 0.2) is 168 Å². The van der Waals surface area contributed by atoms with Gasteiger partial charge in [0.2, 0.25) is 5.72 Å². The molecule has 12 aliphatic rings. The number of benzene rings is 7. The monoisotopic (exact) mass is 1360 g/mol.